The molecule has 0 saturated carbocycles. The maximum absolute atomic E-state index is 12.7. The molecule has 8 heteroatoms. The Balaban J connectivity index is 3.45. The highest BCUT2D eigenvalue weighted by Crippen LogP contribution is 2.45. The van der Waals surface area contributed by atoms with Crippen molar-refractivity contribution in [1.29, 1.82) is 0 Å². The van der Waals surface area contributed by atoms with E-state index >= 15 is 0 Å². The van der Waals surface area contributed by atoms with Gasteiger partial charge in [-0.25, -0.2) is 4.79 Å². The van der Waals surface area contributed by atoms with Crippen LogP contribution in [-0.4, -0.2) is 5.97 Å². The first-order chi connectivity index (χ1) is 8.84. The molecule has 104 valence electrons. The van der Waals surface area contributed by atoms with Crippen LogP contribution >= 0.6 is 79.6 Å². The number of benzene rings is 1. The molecule has 0 saturated heterocycles. The first kappa shape index (κ1) is 17.8. The first-order valence-electron chi connectivity index (χ1n) is 4.71. The predicted molar refractivity (Wildman–Crippen MR) is 90.7 cm³/mol. The fourth-order valence-electron chi connectivity index (χ4n) is 1.25. The van der Waals surface area contributed by atoms with Crippen LogP contribution in [0.4, 0.5) is 4.39 Å². The summed E-state index contributed by atoms with van der Waals surface area (Å²) < 4.78 is 19.6. The molecule has 0 bridgehead atoms. The molecule has 2 nitrogen and oxygen atoms in total. The van der Waals surface area contributed by atoms with Crippen LogP contribution < -0.4 is 4.74 Å². The zero-order valence-corrected chi connectivity index (χ0v) is 17.1. The van der Waals surface area contributed by atoms with E-state index in [4.69, 9.17) is 4.74 Å². The van der Waals surface area contributed by atoms with E-state index in [9.17, 15) is 9.18 Å². The third-order valence-electron chi connectivity index (χ3n) is 2.17. The molecule has 0 radical (unpaired) electrons. The monoisotopic (exact) mass is 584 g/mol. The Labute approximate surface area is 151 Å². The second-order valence-electron chi connectivity index (χ2n) is 3.29. The zero-order chi connectivity index (χ0) is 14.7. The molecule has 0 aliphatic heterocycles. The molecular weight excluding hydrogens is 583 g/mol. The van der Waals surface area contributed by atoms with Crippen LogP contribution in [0.2, 0.25) is 0 Å². The standard InChI is InChI=1S/C11H6Br5FO2/c1-4(17)11(18)19-10-8(15)6(3-13)5(2-12)7(14)9(10)16/h1-3H2. The van der Waals surface area contributed by atoms with E-state index in [2.05, 4.69) is 86.2 Å². The van der Waals surface area contributed by atoms with Crippen LogP contribution in [0.25, 0.3) is 0 Å². The van der Waals surface area contributed by atoms with E-state index in [-0.39, 0.29) is 5.75 Å². The minimum absolute atomic E-state index is 0.204. The minimum atomic E-state index is -1.15. The van der Waals surface area contributed by atoms with E-state index in [1.165, 1.54) is 0 Å². The van der Waals surface area contributed by atoms with Crippen molar-refractivity contribution in [3.05, 3.63) is 37.0 Å². The lowest BCUT2D eigenvalue weighted by Gasteiger charge is -2.16. The van der Waals surface area contributed by atoms with Crippen LogP contribution in [0, 0.1) is 0 Å². The number of hydrogen-bond donors (Lipinski definition) is 0. The molecule has 0 spiro atoms. The summed E-state index contributed by atoms with van der Waals surface area (Å²) in [6.45, 7) is 2.91. The predicted octanol–water partition coefficient (Wildman–Crippen LogP) is 6.15. The molecule has 1 aromatic carbocycles. The smallest absolute Gasteiger partial charge is 0.372 e. The maximum atomic E-state index is 12.7. The second kappa shape index (κ2) is 7.68. The molecule has 0 amide bonds. The Morgan fingerprint density at radius 1 is 1.05 bits per heavy atom. The number of hydrogen-bond acceptors (Lipinski definition) is 2. The van der Waals surface area contributed by atoms with Crippen molar-refractivity contribution in [2.45, 2.75) is 10.7 Å². The van der Waals surface area contributed by atoms with Crippen molar-refractivity contribution in [3.63, 3.8) is 0 Å². The van der Waals surface area contributed by atoms with E-state index in [1.54, 1.807) is 0 Å². The lowest BCUT2D eigenvalue weighted by Crippen LogP contribution is -2.10. The number of esters is 1. The van der Waals surface area contributed by atoms with Crippen LogP contribution in [0.1, 0.15) is 11.1 Å². The van der Waals surface area contributed by atoms with E-state index in [1.807, 2.05) is 0 Å². The number of carbonyl (C=O) groups excluding carboxylic acids is 1. The third kappa shape index (κ3) is 3.90. The van der Waals surface area contributed by atoms with E-state index in [0.29, 0.717) is 19.6 Å². The molecule has 0 fully saturated rings. The minimum Gasteiger partial charge on any atom is -0.419 e. The van der Waals surface area contributed by atoms with E-state index in [0.717, 1.165) is 15.6 Å². The number of ether oxygens (including phenoxy) is 1. The lowest BCUT2D eigenvalue weighted by molar-refractivity contribution is -0.131. The van der Waals surface area contributed by atoms with Crippen LogP contribution in [0.5, 0.6) is 5.75 Å². The van der Waals surface area contributed by atoms with E-state index < -0.39 is 11.8 Å². The fourth-order valence-corrected chi connectivity index (χ4v) is 5.24. The number of carbonyl (C=O) groups is 1. The van der Waals surface area contributed by atoms with Gasteiger partial charge in [0.15, 0.2) is 5.75 Å². The Bertz CT molecular complexity index is 545. The summed E-state index contributed by atoms with van der Waals surface area (Å²) in [4.78, 5) is 11.3. The van der Waals surface area contributed by atoms with Crippen molar-refractivity contribution in [1.82, 2.24) is 0 Å². The molecule has 0 aliphatic carbocycles. The van der Waals surface area contributed by atoms with Crippen molar-refractivity contribution >= 4 is 85.6 Å². The largest absolute Gasteiger partial charge is 0.419 e. The molecule has 1 rings (SSSR count). The van der Waals surface area contributed by atoms with Crippen molar-refractivity contribution in [2.24, 2.45) is 0 Å². The van der Waals surface area contributed by atoms with Crippen LogP contribution in [0.3, 0.4) is 0 Å². The average molecular weight is 589 g/mol. The summed E-state index contributed by atoms with van der Waals surface area (Å²) in [5, 5.41) is 1.15. The van der Waals surface area contributed by atoms with Crippen molar-refractivity contribution in [2.75, 3.05) is 0 Å². The number of alkyl halides is 2. The van der Waals surface area contributed by atoms with Gasteiger partial charge in [0, 0.05) is 15.1 Å². The topological polar surface area (TPSA) is 26.3 Å². The summed E-state index contributed by atoms with van der Waals surface area (Å²) in [5.41, 5.74) is 1.87. The maximum Gasteiger partial charge on any atom is 0.372 e. The van der Waals surface area contributed by atoms with Gasteiger partial charge < -0.3 is 4.74 Å². The highest BCUT2D eigenvalue weighted by atomic mass is 79.9. The highest BCUT2D eigenvalue weighted by Gasteiger charge is 2.23. The Kier molecular flexibility index (Phi) is 7.20. The third-order valence-corrected chi connectivity index (χ3v) is 6.29. The SMILES string of the molecule is C=C(F)C(=O)Oc1c(Br)c(Br)c(CBr)c(CBr)c1Br. The van der Waals surface area contributed by atoms with Gasteiger partial charge in [-0.15, -0.1) is 0 Å². The van der Waals surface area contributed by atoms with Gasteiger partial charge in [0.05, 0.1) is 8.95 Å². The molecule has 0 N–H and O–H groups in total. The molecule has 0 atom stereocenters. The van der Waals surface area contributed by atoms with Gasteiger partial charge in [0.2, 0.25) is 5.83 Å². The van der Waals surface area contributed by atoms with Crippen molar-refractivity contribution < 1.29 is 13.9 Å². The van der Waals surface area contributed by atoms with Gasteiger partial charge in [0.25, 0.3) is 0 Å². The Hall–Kier alpha value is 0.760. The summed E-state index contributed by atoms with van der Waals surface area (Å²) in [7, 11) is 0. The molecule has 0 aromatic heterocycles. The number of halogens is 6. The van der Waals surface area contributed by atoms with Gasteiger partial charge in [-0.1, -0.05) is 38.4 Å². The van der Waals surface area contributed by atoms with Gasteiger partial charge >= 0.3 is 5.97 Å². The second-order valence-corrected chi connectivity index (χ2v) is 6.79. The highest BCUT2D eigenvalue weighted by molar-refractivity contribution is 9.13. The Morgan fingerprint density at radius 2 is 1.53 bits per heavy atom. The molecular formula is C11H6Br5FO2. The first-order valence-corrected chi connectivity index (χ1v) is 9.34. The van der Waals surface area contributed by atoms with Gasteiger partial charge in [0.1, 0.15) is 0 Å². The van der Waals surface area contributed by atoms with Crippen LogP contribution in [-0.2, 0) is 15.5 Å². The van der Waals surface area contributed by atoms with Gasteiger partial charge in [-0.2, -0.15) is 4.39 Å². The lowest BCUT2D eigenvalue weighted by atomic mass is 10.1. The zero-order valence-electron chi connectivity index (χ0n) is 9.21. The summed E-state index contributed by atoms with van der Waals surface area (Å²) in [6.07, 6.45) is 0. The van der Waals surface area contributed by atoms with Gasteiger partial charge in [-0.05, 0) is 58.9 Å². The summed E-state index contributed by atoms with van der Waals surface area (Å²) >= 11 is 16.9. The van der Waals surface area contributed by atoms with Gasteiger partial charge in [-0.3, -0.25) is 0 Å². The number of rotatable bonds is 4. The summed E-state index contributed by atoms with van der Waals surface area (Å²) in [6, 6.07) is 0. The van der Waals surface area contributed by atoms with Crippen LogP contribution in [0.15, 0.2) is 25.8 Å². The summed E-state index contributed by atoms with van der Waals surface area (Å²) in [5.74, 6) is -2.07. The molecule has 19 heavy (non-hydrogen) atoms. The normalized spacial score (nSPS) is 10.4. The quantitative estimate of drug-likeness (QED) is 0.139. The van der Waals surface area contributed by atoms with Crippen molar-refractivity contribution in [3.8, 4) is 5.75 Å². The molecule has 0 aliphatic rings. The molecule has 0 heterocycles. The molecule has 0 unspecified atom stereocenters. The molecule has 1 aromatic rings. The Morgan fingerprint density at radius 3 is 1.95 bits per heavy atom. The average Bonchev–Trinajstić information content (AvgIpc) is 2.37. The fraction of sp³-hybridized carbons (Fsp3) is 0.182.